The zero-order valence-corrected chi connectivity index (χ0v) is 39.0. The van der Waals surface area contributed by atoms with E-state index in [9.17, 15) is 24.3 Å². The molecule has 2 aromatic carbocycles. The molecule has 3 aromatic rings. The smallest absolute Gasteiger partial charge is 0.323 e. The van der Waals surface area contributed by atoms with E-state index in [0.717, 1.165) is 105 Å². The van der Waals surface area contributed by atoms with Gasteiger partial charge in [-0.25, -0.2) is 0 Å². The number of thioether (sulfide) groups is 2. The lowest BCUT2D eigenvalue weighted by Gasteiger charge is -2.27. The van der Waals surface area contributed by atoms with Crippen LogP contribution in [0.1, 0.15) is 159 Å². The number of aliphatic carboxylic acids is 2. The van der Waals surface area contributed by atoms with Gasteiger partial charge in [0.05, 0.1) is 4.53 Å². The van der Waals surface area contributed by atoms with Crippen LogP contribution in [0.15, 0.2) is 52.2 Å². The van der Waals surface area contributed by atoms with Crippen LogP contribution in [0.25, 0.3) is 11.0 Å². The summed E-state index contributed by atoms with van der Waals surface area (Å²) >= 11 is 9.89. The first-order valence-corrected chi connectivity index (χ1v) is 25.8. The molecule has 6 rings (SSSR count). The highest BCUT2D eigenvalue weighted by atomic mass is 32.2. The van der Waals surface area contributed by atoms with Crippen LogP contribution in [0.3, 0.4) is 0 Å². The predicted octanol–water partition coefficient (Wildman–Crippen LogP) is 10.8. The summed E-state index contributed by atoms with van der Waals surface area (Å²) < 4.78 is 2.37. The minimum Gasteiger partial charge on any atom is -0.481 e. The van der Waals surface area contributed by atoms with Crippen molar-refractivity contribution in [2.45, 2.75) is 165 Å². The molecule has 330 valence electrons. The number of benzene rings is 2. The molecule has 1 aliphatic carbocycles. The van der Waals surface area contributed by atoms with Gasteiger partial charge in [-0.2, -0.15) is 0 Å². The van der Waals surface area contributed by atoms with Crippen molar-refractivity contribution in [2.24, 2.45) is 0 Å². The van der Waals surface area contributed by atoms with Gasteiger partial charge in [-0.05, 0) is 91.5 Å². The summed E-state index contributed by atoms with van der Waals surface area (Å²) in [6.45, 7) is 2.21. The molecule has 1 amide bonds. The summed E-state index contributed by atoms with van der Waals surface area (Å²) in [7, 11) is 0. The predicted molar refractivity (Wildman–Crippen MR) is 257 cm³/mol. The van der Waals surface area contributed by atoms with E-state index < -0.39 is 24.0 Å². The molecule has 2 unspecified atom stereocenters. The van der Waals surface area contributed by atoms with E-state index in [2.05, 4.69) is 48.2 Å². The third-order valence-corrected chi connectivity index (χ3v) is 16.0. The zero-order chi connectivity index (χ0) is 43.1. The Balaban J connectivity index is 1.10. The number of carboxylic acids is 2. The molecular weight excluding hydrogens is 843 g/mol. The topological polar surface area (TPSA) is 120 Å². The number of thiocarbonyl (C=S) groups is 1. The minimum atomic E-state index is -1.15. The third-order valence-electron chi connectivity index (χ3n) is 12.2. The Kier molecular flexibility index (Phi) is 18.4. The van der Waals surface area contributed by atoms with Gasteiger partial charge in [-0.1, -0.05) is 133 Å². The van der Waals surface area contributed by atoms with Crippen molar-refractivity contribution >= 4 is 91.6 Å². The number of carboxylic acid groups (broad SMARTS) is 2. The number of thiazole rings is 1. The summed E-state index contributed by atoms with van der Waals surface area (Å²) in [6.07, 6.45) is 25.0. The number of unbranched alkanes of at least 4 members (excludes halogenated alkanes) is 15. The van der Waals surface area contributed by atoms with Gasteiger partial charge in [-0.3, -0.25) is 28.6 Å². The van der Waals surface area contributed by atoms with Crippen LogP contribution in [-0.4, -0.2) is 60.2 Å². The summed E-state index contributed by atoms with van der Waals surface area (Å²) in [4.78, 5) is 56.0. The number of anilines is 2. The number of hydrogen-bond donors (Lipinski definition) is 2. The molecule has 61 heavy (non-hydrogen) atoms. The second-order valence-electron chi connectivity index (χ2n) is 16.8. The monoisotopic (exact) mass is 905 g/mol. The Morgan fingerprint density at radius 1 is 0.820 bits per heavy atom. The molecule has 2 aliphatic heterocycles. The first-order chi connectivity index (χ1) is 29.7. The fourth-order valence-electron chi connectivity index (χ4n) is 9.05. The summed E-state index contributed by atoms with van der Waals surface area (Å²) in [5.74, 6) is -0.602. The molecular formula is C48H63N3O6S4. The second-order valence-corrected chi connectivity index (χ2v) is 20.6. The molecule has 2 N–H and O–H groups in total. The van der Waals surface area contributed by atoms with Crippen molar-refractivity contribution < 1.29 is 24.6 Å². The van der Waals surface area contributed by atoms with Crippen molar-refractivity contribution in [1.82, 2.24) is 9.47 Å². The lowest BCUT2D eigenvalue weighted by molar-refractivity contribution is -0.138. The molecule has 1 saturated heterocycles. The maximum absolute atomic E-state index is 13.9. The Morgan fingerprint density at radius 2 is 1.48 bits per heavy atom. The fourth-order valence-corrected chi connectivity index (χ4v) is 12.5. The van der Waals surface area contributed by atoms with Crippen LogP contribution in [0, 0.1) is 0 Å². The molecule has 2 atom stereocenters. The molecule has 2 fully saturated rings. The number of hydrogen-bond acceptors (Lipinski definition) is 9. The van der Waals surface area contributed by atoms with Gasteiger partial charge in [0, 0.05) is 41.2 Å². The van der Waals surface area contributed by atoms with Gasteiger partial charge < -0.3 is 15.1 Å². The molecule has 9 nitrogen and oxygen atoms in total. The maximum Gasteiger partial charge on any atom is 0.323 e. The average molecular weight is 906 g/mol. The van der Waals surface area contributed by atoms with Crippen LogP contribution < -0.4 is 19.7 Å². The van der Waals surface area contributed by atoms with Gasteiger partial charge in [-0.15, -0.1) is 23.1 Å². The van der Waals surface area contributed by atoms with Gasteiger partial charge in [0.1, 0.15) is 20.4 Å². The van der Waals surface area contributed by atoms with Crippen molar-refractivity contribution in [1.29, 1.82) is 0 Å². The third kappa shape index (κ3) is 12.9. The number of carbonyl (C=O) groups is 3. The van der Waals surface area contributed by atoms with Crippen LogP contribution in [0.4, 0.5) is 11.4 Å². The van der Waals surface area contributed by atoms with E-state index in [1.165, 1.54) is 84.2 Å². The van der Waals surface area contributed by atoms with E-state index in [1.54, 1.807) is 4.90 Å². The Labute approximate surface area is 379 Å². The van der Waals surface area contributed by atoms with Gasteiger partial charge in [0.25, 0.3) is 11.5 Å². The minimum absolute atomic E-state index is 0.239. The first-order valence-electron chi connectivity index (χ1n) is 22.7. The summed E-state index contributed by atoms with van der Waals surface area (Å²) in [6, 6.07) is 15.9. The Bertz CT molecular complexity index is 2170. The van der Waals surface area contributed by atoms with Crippen LogP contribution >= 0.6 is 47.1 Å². The van der Waals surface area contributed by atoms with Gasteiger partial charge >= 0.3 is 11.9 Å². The largest absolute Gasteiger partial charge is 0.481 e. The van der Waals surface area contributed by atoms with Gasteiger partial charge in [0.2, 0.25) is 0 Å². The van der Waals surface area contributed by atoms with E-state index in [4.69, 9.17) is 17.3 Å². The number of fused-ring (bicyclic) bond motifs is 3. The lowest BCUT2D eigenvalue weighted by Crippen LogP contribution is -2.35. The highest BCUT2D eigenvalue weighted by molar-refractivity contribution is 8.30. The number of amides is 1. The van der Waals surface area contributed by atoms with Crippen molar-refractivity contribution in [3.8, 4) is 0 Å². The zero-order valence-electron chi connectivity index (χ0n) is 35.7. The van der Waals surface area contributed by atoms with Crippen LogP contribution in [0.2, 0.25) is 0 Å². The van der Waals surface area contributed by atoms with Crippen LogP contribution in [0.5, 0.6) is 0 Å². The molecule has 3 aliphatic rings. The van der Waals surface area contributed by atoms with E-state index >= 15 is 0 Å². The normalized spacial score (nSPS) is 18.4. The number of aromatic nitrogens is 1. The fraction of sp³-hybridized carbons (Fsp3) is 0.562. The molecule has 0 bridgehead atoms. The van der Waals surface area contributed by atoms with Crippen LogP contribution in [-0.2, 0) is 20.9 Å². The standard InChI is InChI=1S/C48H63N3O6S4/c1-2-3-4-5-6-12-15-18-30-59-36-26-24-35(25-27-36)51-39-21-19-20-37(39)38-31-34(23-28-40(38)51)32-41-45(56)50(33-43(54)55)47(60-41)44-46(57)49(48(58)61-44)29-17-14-11-9-7-8-10-13-16-22-42(52)53/h23-28,31-32,37,39H,2-22,29-30,33H2,1H3,(H,52,53)(H,54,55)/b41-32-,47-44+. The van der Waals surface area contributed by atoms with Crippen molar-refractivity contribution in [3.63, 3.8) is 0 Å². The molecule has 0 radical (unpaired) electrons. The molecule has 0 spiro atoms. The van der Waals surface area contributed by atoms with Crippen molar-refractivity contribution in [2.75, 3.05) is 17.2 Å². The Morgan fingerprint density at radius 3 is 2.15 bits per heavy atom. The van der Waals surface area contributed by atoms with E-state index in [0.29, 0.717) is 36.9 Å². The van der Waals surface area contributed by atoms with Crippen molar-refractivity contribution in [3.05, 3.63) is 73.1 Å². The maximum atomic E-state index is 13.9. The quantitative estimate of drug-likeness (QED) is 0.0458. The van der Waals surface area contributed by atoms with E-state index in [-0.39, 0.29) is 12.3 Å². The highest BCUT2D eigenvalue weighted by Crippen LogP contribution is 2.52. The molecule has 13 heteroatoms. The average Bonchev–Trinajstić information content (AvgIpc) is 3.98. The Hall–Kier alpha value is -3.39. The van der Waals surface area contributed by atoms with E-state index in [1.807, 2.05) is 23.9 Å². The molecule has 1 saturated carbocycles. The summed E-state index contributed by atoms with van der Waals surface area (Å²) in [5.41, 5.74) is 4.18. The molecule has 3 heterocycles. The number of carbonyl (C=O) groups excluding carboxylic acids is 1. The number of nitrogens with zero attached hydrogens (tertiary/aromatic N) is 3. The summed E-state index contributed by atoms with van der Waals surface area (Å²) in [5, 5.41) is 18.6. The lowest BCUT2D eigenvalue weighted by atomic mass is 9.96. The highest BCUT2D eigenvalue weighted by Gasteiger charge is 2.42. The second kappa shape index (κ2) is 23.9. The first kappa shape index (κ1) is 47.1. The molecule has 1 aromatic heterocycles. The number of rotatable bonds is 26. The van der Waals surface area contributed by atoms with Gasteiger partial charge in [0.15, 0.2) is 0 Å². The SMILES string of the molecule is CCCCCCCCCCSc1ccc(N2c3ccc(/C=c4\s/c(=C5/SC(=S)N(CCCCCCCCCCCC(=O)O)C5=O)n(CC(=O)O)c4=O)cc3C3CCCC32)cc1.